The monoisotopic (exact) mass is 506 g/mol. The lowest BCUT2D eigenvalue weighted by atomic mass is 9.74. The van der Waals surface area contributed by atoms with Crippen LogP contribution in [0.4, 0.5) is 0 Å². The minimum absolute atomic E-state index is 0.0573. The molecule has 0 aromatic heterocycles. The Morgan fingerprint density at radius 3 is 2.63 bits per heavy atom. The van der Waals surface area contributed by atoms with E-state index in [9.17, 15) is 18.0 Å². The van der Waals surface area contributed by atoms with E-state index in [0.29, 0.717) is 32.7 Å². The molecule has 2 aliphatic heterocycles. The van der Waals surface area contributed by atoms with E-state index in [0.717, 1.165) is 19.3 Å². The lowest BCUT2D eigenvalue weighted by Gasteiger charge is -2.46. The average molecular weight is 507 g/mol. The number of carbonyl (C=O) groups excluding carboxylic acids is 2. The molecule has 0 radical (unpaired) electrons. The maximum absolute atomic E-state index is 13.4. The highest BCUT2D eigenvalue weighted by atomic mass is 32.2. The topological polar surface area (TPSA) is 126 Å². The zero-order valence-electron chi connectivity index (χ0n) is 20.0. The number of likely N-dealkylation sites (N-methyl/N-ethyl adjacent to an activating group) is 1. The summed E-state index contributed by atoms with van der Waals surface area (Å²) in [6, 6.07) is 6.02. The molecule has 1 aliphatic carbocycles. The number of sulfonamides is 1. The first-order chi connectivity index (χ1) is 16.8. The Bertz CT molecular complexity index is 1060. The third-order valence-corrected chi connectivity index (χ3v) is 8.76. The number of hydrogen-bond donors (Lipinski definition) is 3. The summed E-state index contributed by atoms with van der Waals surface area (Å²) in [5, 5.41) is 9.30. The lowest BCUT2D eigenvalue weighted by molar-refractivity contribution is -0.163. The molecule has 1 aromatic rings. The molecule has 11 heteroatoms. The first-order valence-corrected chi connectivity index (χ1v) is 13.5. The van der Waals surface area contributed by atoms with Gasteiger partial charge < -0.3 is 25.4 Å². The maximum Gasteiger partial charge on any atom is 0.256 e. The molecule has 2 spiro atoms. The van der Waals surface area contributed by atoms with E-state index in [4.69, 9.17) is 9.47 Å². The van der Waals surface area contributed by atoms with E-state index < -0.39 is 21.2 Å². The molecule has 1 unspecified atom stereocenters. The molecule has 2 heterocycles. The van der Waals surface area contributed by atoms with Gasteiger partial charge in [-0.1, -0.05) is 18.2 Å². The van der Waals surface area contributed by atoms with Gasteiger partial charge in [-0.05, 0) is 43.9 Å². The second-order valence-corrected chi connectivity index (χ2v) is 11.5. The summed E-state index contributed by atoms with van der Waals surface area (Å²) >= 11 is 0. The van der Waals surface area contributed by atoms with Crippen LogP contribution < -0.4 is 16.0 Å². The number of hydrogen-bond acceptors (Lipinski definition) is 7. The van der Waals surface area contributed by atoms with Gasteiger partial charge in [-0.25, -0.2) is 8.42 Å². The Morgan fingerprint density at radius 2 is 1.91 bits per heavy atom. The van der Waals surface area contributed by atoms with Gasteiger partial charge in [0.15, 0.2) is 5.60 Å². The Balaban J connectivity index is 1.57. The predicted molar refractivity (Wildman–Crippen MR) is 129 cm³/mol. The summed E-state index contributed by atoms with van der Waals surface area (Å²) in [5.41, 5.74) is -1.27. The van der Waals surface area contributed by atoms with Crippen molar-refractivity contribution >= 4 is 21.8 Å². The zero-order valence-corrected chi connectivity index (χ0v) is 20.9. The van der Waals surface area contributed by atoms with E-state index in [1.54, 1.807) is 24.3 Å². The highest BCUT2D eigenvalue weighted by Crippen LogP contribution is 2.35. The second-order valence-electron chi connectivity index (χ2n) is 9.41. The third kappa shape index (κ3) is 5.75. The summed E-state index contributed by atoms with van der Waals surface area (Å²) in [4.78, 5) is 26.2. The van der Waals surface area contributed by atoms with Crippen molar-refractivity contribution in [1.82, 2.24) is 20.3 Å². The van der Waals surface area contributed by atoms with Gasteiger partial charge in [0.25, 0.3) is 11.8 Å². The number of morpholine rings is 1. The van der Waals surface area contributed by atoms with Crippen molar-refractivity contribution in [2.24, 2.45) is 0 Å². The summed E-state index contributed by atoms with van der Waals surface area (Å²) in [6.45, 7) is 2.17. The number of fused-ring (bicyclic) bond motifs is 2. The van der Waals surface area contributed by atoms with Crippen molar-refractivity contribution in [3.63, 3.8) is 0 Å². The number of ether oxygens (including phenoxy) is 2. The fourth-order valence-corrected chi connectivity index (χ4v) is 5.70. The average Bonchev–Trinajstić information content (AvgIpc) is 2.84. The van der Waals surface area contributed by atoms with Crippen molar-refractivity contribution in [3.8, 4) is 0 Å². The standard InChI is InChI=1S/C24H34N4O6S/c1-28-13-2-3-14-33-18-24(17-25-12-15-34-24)22(30)27-23(8-5-9-23)10-11-26-21(29)19-6-4-7-20(16-19)35(28,31)32/h2-4,6-7,16,25H,5,8-15,17-18H2,1H3,(H,26,29)(H,27,30)/b3-2+. The molecule has 192 valence electrons. The second kappa shape index (κ2) is 10.8. The van der Waals surface area contributed by atoms with Crippen LogP contribution in [0.3, 0.4) is 0 Å². The van der Waals surface area contributed by atoms with Gasteiger partial charge in [0.1, 0.15) is 0 Å². The SMILES string of the molecule is CN1C/C=C/COCC2(CNCCO2)C(=O)NC2(CCC2)CCNC(=O)c2cccc(c2)S1(=O)=O. The van der Waals surface area contributed by atoms with E-state index in [1.807, 2.05) is 0 Å². The van der Waals surface area contributed by atoms with Gasteiger partial charge >= 0.3 is 0 Å². The molecular weight excluding hydrogens is 472 g/mol. The van der Waals surface area contributed by atoms with Crippen LogP contribution in [-0.4, -0.2) is 88.7 Å². The molecule has 1 aromatic carbocycles. The molecule has 10 nitrogen and oxygen atoms in total. The Morgan fingerprint density at radius 1 is 1.09 bits per heavy atom. The van der Waals surface area contributed by atoms with Crippen LogP contribution in [-0.2, 0) is 24.3 Å². The van der Waals surface area contributed by atoms with Crippen molar-refractivity contribution in [1.29, 1.82) is 0 Å². The highest BCUT2D eigenvalue weighted by molar-refractivity contribution is 7.89. The van der Waals surface area contributed by atoms with Crippen LogP contribution in [0.1, 0.15) is 36.0 Å². The van der Waals surface area contributed by atoms with Gasteiger partial charge in [-0.2, -0.15) is 4.31 Å². The minimum Gasteiger partial charge on any atom is -0.374 e. The Labute approximate surface area is 206 Å². The normalized spacial score (nSPS) is 29.2. The minimum atomic E-state index is -3.77. The number of carbonyl (C=O) groups is 2. The molecule has 2 bridgehead atoms. The molecule has 35 heavy (non-hydrogen) atoms. The summed E-state index contributed by atoms with van der Waals surface area (Å²) in [5.74, 6) is -0.566. The fourth-order valence-electron chi connectivity index (χ4n) is 4.54. The van der Waals surface area contributed by atoms with Crippen molar-refractivity contribution in [2.75, 3.05) is 53.0 Å². The zero-order chi connectivity index (χ0) is 24.9. The van der Waals surface area contributed by atoms with Gasteiger partial charge in [-0.3, -0.25) is 9.59 Å². The number of rotatable bonds is 0. The van der Waals surface area contributed by atoms with Crippen LogP contribution in [0.15, 0.2) is 41.3 Å². The Hall–Kier alpha value is -2.31. The van der Waals surface area contributed by atoms with Crippen LogP contribution >= 0.6 is 0 Å². The lowest BCUT2D eigenvalue weighted by Crippen LogP contribution is -2.66. The smallest absolute Gasteiger partial charge is 0.256 e. The molecule has 3 aliphatic rings. The number of benzene rings is 1. The van der Waals surface area contributed by atoms with E-state index >= 15 is 0 Å². The molecular formula is C24H34N4O6S. The number of nitrogens with one attached hydrogen (secondary N) is 3. The van der Waals surface area contributed by atoms with Crippen molar-refractivity contribution in [2.45, 2.75) is 41.7 Å². The predicted octanol–water partition coefficient (Wildman–Crippen LogP) is 0.411. The van der Waals surface area contributed by atoms with Gasteiger partial charge in [0, 0.05) is 44.3 Å². The summed E-state index contributed by atoms with van der Waals surface area (Å²) in [7, 11) is -2.29. The Kier molecular flexibility index (Phi) is 7.92. The number of nitrogens with zero attached hydrogens (tertiary/aromatic N) is 1. The molecule has 2 fully saturated rings. The molecule has 1 saturated carbocycles. The van der Waals surface area contributed by atoms with E-state index in [1.165, 1.54) is 23.5 Å². The number of amides is 2. The molecule has 2 amide bonds. The van der Waals surface area contributed by atoms with Crippen molar-refractivity contribution < 1.29 is 27.5 Å². The van der Waals surface area contributed by atoms with Gasteiger partial charge in [0.05, 0.1) is 24.7 Å². The fraction of sp³-hybridized carbons (Fsp3) is 0.583. The molecule has 1 atom stereocenters. The molecule has 1 saturated heterocycles. The van der Waals surface area contributed by atoms with E-state index in [2.05, 4.69) is 16.0 Å². The van der Waals surface area contributed by atoms with Crippen LogP contribution in [0.25, 0.3) is 0 Å². The largest absolute Gasteiger partial charge is 0.374 e. The quantitative estimate of drug-likeness (QED) is 0.435. The molecule has 3 N–H and O–H groups in total. The first kappa shape index (κ1) is 25.8. The van der Waals surface area contributed by atoms with Gasteiger partial charge in [-0.15, -0.1) is 0 Å². The maximum atomic E-state index is 13.4. The van der Waals surface area contributed by atoms with Crippen LogP contribution in [0.5, 0.6) is 0 Å². The summed E-state index contributed by atoms with van der Waals surface area (Å²) < 4.78 is 38.9. The van der Waals surface area contributed by atoms with Crippen LogP contribution in [0, 0.1) is 0 Å². The van der Waals surface area contributed by atoms with Crippen LogP contribution in [0.2, 0.25) is 0 Å². The third-order valence-electron chi connectivity index (χ3n) is 6.94. The van der Waals surface area contributed by atoms with Gasteiger partial charge in [0.2, 0.25) is 10.0 Å². The summed E-state index contributed by atoms with van der Waals surface area (Å²) in [6.07, 6.45) is 6.62. The molecule has 4 rings (SSSR count). The highest BCUT2D eigenvalue weighted by Gasteiger charge is 2.47. The van der Waals surface area contributed by atoms with Crippen molar-refractivity contribution in [3.05, 3.63) is 42.0 Å². The van der Waals surface area contributed by atoms with E-state index in [-0.39, 0.29) is 42.0 Å². The first-order valence-electron chi connectivity index (χ1n) is 12.0.